The van der Waals surface area contributed by atoms with Gasteiger partial charge < -0.3 is 5.11 Å². The van der Waals surface area contributed by atoms with Crippen molar-refractivity contribution in [2.45, 2.75) is 12.6 Å². The van der Waals surface area contributed by atoms with Crippen LogP contribution >= 0.6 is 11.6 Å². The Labute approximate surface area is 125 Å². The molecular weight excluding hydrogens is 290 g/mol. The van der Waals surface area contributed by atoms with E-state index in [0.717, 1.165) is 0 Å². The van der Waals surface area contributed by atoms with Gasteiger partial charge in [0, 0.05) is 11.2 Å². The predicted octanol–water partition coefficient (Wildman–Crippen LogP) is 2.18. The van der Waals surface area contributed by atoms with Crippen LogP contribution in [0.4, 0.5) is 0 Å². The van der Waals surface area contributed by atoms with E-state index in [0.29, 0.717) is 21.5 Å². The van der Waals surface area contributed by atoms with Crippen LogP contribution in [0, 0.1) is 0 Å². The number of nitrogens with zero attached hydrogens (tertiary/aromatic N) is 3. The molecule has 0 amide bonds. The minimum absolute atomic E-state index is 0.131. The molecule has 1 N–H and O–H groups in total. The van der Waals surface area contributed by atoms with Gasteiger partial charge in [0.15, 0.2) is 0 Å². The fourth-order valence-electron chi connectivity index (χ4n) is 2.12. The molecule has 0 aliphatic rings. The molecule has 1 atom stereocenters. The highest BCUT2D eigenvalue weighted by Crippen LogP contribution is 2.17. The Hall–Kier alpha value is -2.24. The van der Waals surface area contributed by atoms with Crippen LogP contribution in [-0.4, -0.2) is 19.6 Å². The molecule has 0 saturated heterocycles. The number of aliphatic hydroxyl groups excluding tert-OH is 1. The molecule has 106 valence electrons. The van der Waals surface area contributed by atoms with E-state index in [-0.39, 0.29) is 12.1 Å². The van der Waals surface area contributed by atoms with Crippen LogP contribution in [0.2, 0.25) is 5.02 Å². The molecule has 0 bridgehead atoms. The molecule has 21 heavy (non-hydrogen) atoms. The van der Waals surface area contributed by atoms with Gasteiger partial charge in [-0.2, -0.15) is 0 Å². The van der Waals surface area contributed by atoms with Crippen molar-refractivity contribution in [3.05, 3.63) is 70.0 Å². The van der Waals surface area contributed by atoms with Gasteiger partial charge in [0.1, 0.15) is 0 Å². The first-order chi connectivity index (χ1) is 10.1. The Morgan fingerprint density at radius 3 is 2.76 bits per heavy atom. The smallest absolute Gasteiger partial charge is 0.261 e. The summed E-state index contributed by atoms with van der Waals surface area (Å²) >= 11 is 5.81. The van der Waals surface area contributed by atoms with E-state index in [9.17, 15) is 9.90 Å². The van der Waals surface area contributed by atoms with E-state index in [1.807, 2.05) is 0 Å². The summed E-state index contributed by atoms with van der Waals surface area (Å²) in [6.07, 6.45) is 3.70. The maximum atomic E-state index is 12.3. The second kappa shape index (κ2) is 5.63. The lowest BCUT2D eigenvalue weighted by Gasteiger charge is -2.13. The highest BCUT2D eigenvalue weighted by Gasteiger charge is 2.11. The molecule has 3 rings (SSSR count). The van der Waals surface area contributed by atoms with E-state index in [2.05, 4.69) is 9.97 Å². The van der Waals surface area contributed by atoms with Gasteiger partial charge in [-0.3, -0.25) is 14.3 Å². The second-order valence-electron chi connectivity index (χ2n) is 4.66. The number of benzene rings is 1. The van der Waals surface area contributed by atoms with Crippen molar-refractivity contribution >= 4 is 22.5 Å². The van der Waals surface area contributed by atoms with Crippen molar-refractivity contribution in [1.82, 2.24) is 14.5 Å². The van der Waals surface area contributed by atoms with Crippen LogP contribution in [0.1, 0.15) is 11.7 Å². The topological polar surface area (TPSA) is 68.0 Å². The average molecular weight is 302 g/mol. The number of halogens is 1. The number of fused-ring (bicyclic) bond motifs is 1. The number of hydrogen-bond donors (Lipinski definition) is 1. The summed E-state index contributed by atoms with van der Waals surface area (Å²) in [5.41, 5.74) is 1.04. The zero-order valence-corrected chi connectivity index (χ0v) is 11.7. The first kappa shape index (κ1) is 13.7. The van der Waals surface area contributed by atoms with Gasteiger partial charge in [0.2, 0.25) is 0 Å². The average Bonchev–Trinajstić information content (AvgIpc) is 2.51. The standard InChI is InChI=1S/C15H12ClN3O2/c16-11-3-1-10(2-4-11)14(20)8-19-9-18-13-7-17-6-5-12(13)15(19)21/h1-7,9,14,20H,8H2/t14-/m0/s1. The first-order valence-electron chi connectivity index (χ1n) is 6.38. The van der Waals surface area contributed by atoms with E-state index in [1.54, 1.807) is 36.5 Å². The van der Waals surface area contributed by atoms with Crippen molar-refractivity contribution in [2.24, 2.45) is 0 Å². The molecule has 0 spiro atoms. The Bertz CT molecular complexity index is 830. The van der Waals surface area contributed by atoms with Crippen LogP contribution in [0.15, 0.2) is 53.8 Å². The Kier molecular flexibility index (Phi) is 3.68. The summed E-state index contributed by atoms with van der Waals surface area (Å²) in [7, 11) is 0. The predicted molar refractivity (Wildman–Crippen MR) is 80.2 cm³/mol. The first-order valence-corrected chi connectivity index (χ1v) is 6.75. The molecule has 5 nitrogen and oxygen atoms in total. The lowest BCUT2D eigenvalue weighted by Crippen LogP contribution is -2.23. The molecular formula is C15H12ClN3O2. The lowest BCUT2D eigenvalue weighted by atomic mass is 10.1. The monoisotopic (exact) mass is 301 g/mol. The normalized spacial score (nSPS) is 12.5. The fraction of sp³-hybridized carbons (Fsp3) is 0.133. The van der Waals surface area contributed by atoms with Gasteiger partial charge in [-0.1, -0.05) is 23.7 Å². The number of rotatable bonds is 3. The molecule has 1 aromatic carbocycles. The van der Waals surface area contributed by atoms with Gasteiger partial charge >= 0.3 is 0 Å². The van der Waals surface area contributed by atoms with Crippen LogP contribution in [0.25, 0.3) is 10.9 Å². The molecule has 0 fully saturated rings. The summed E-state index contributed by atoms with van der Waals surface area (Å²) in [6.45, 7) is 0.131. The Balaban J connectivity index is 1.93. The second-order valence-corrected chi connectivity index (χ2v) is 5.10. The Morgan fingerprint density at radius 1 is 1.24 bits per heavy atom. The maximum absolute atomic E-state index is 12.3. The van der Waals surface area contributed by atoms with Crippen LogP contribution < -0.4 is 5.56 Å². The van der Waals surface area contributed by atoms with Crippen LogP contribution in [-0.2, 0) is 6.54 Å². The number of aliphatic hydroxyl groups is 1. The fourth-order valence-corrected chi connectivity index (χ4v) is 2.24. The zero-order chi connectivity index (χ0) is 14.8. The summed E-state index contributed by atoms with van der Waals surface area (Å²) in [5, 5.41) is 11.3. The number of pyridine rings is 1. The minimum Gasteiger partial charge on any atom is -0.387 e. The van der Waals surface area contributed by atoms with E-state index >= 15 is 0 Å². The number of hydrogen-bond acceptors (Lipinski definition) is 4. The van der Waals surface area contributed by atoms with Crippen molar-refractivity contribution in [2.75, 3.05) is 0 Å². The lowest BCUT2D eigenvalue weighted by molar-refractivity contribution is 0.155. The van der Waals surface area contributed by atoms with E-state index in [4.69, 9.17) is 11.6 Å². The van der Waals surface area contributed by atoms with Gasteiger partial charge in [-0.05, 0) is 23.8 Å². The highest BCUT2D eigenvalue weighted by atomic mass is 35.5. The summed E-state index contributed by atoms with van der Waals surface area (Å²) < 4.78 is 1.39. The van der Waals surface area contributed by atoms with Gasteiger partial charge in [-0.15, -0.1) is 0 Å². The van der Waals surface area contributed by atoms with Gasteiger partial charge in [-0.25, -0.2) is 4.98 Å². The van der Waals surface area contributed by atoms with Crippen LogP contribution in [0.5, 0.6) is 0 Å². The molecule has 0 radical (unpaired) electrons. The molecule has 2 aromatic heterocycles. The Morgan fingerprint density at radius 2 is 2.00 bits per heavy atom. The third kappa shape index (κ3) is 2.79. The molecule has 2 heterocycles. The molecule has 0 aliphatic heterocycles. The van der Waals surface area contributed by atoms with E-state index < -0.39 is 6.10 Å². The molecule has 0 unspecified atom stereocenters. The van der Waals surface area contributed by atoms with Crippen molar-refractivity contribution in [1.29, 1.82) is 0 Å². The zero-order valence-electron chi connectivity index (χ0n) is 11.0. The van der Waals surface area contributed by atoms with Crippen molar-refractivity contribution in [3.63, 3.8) is 0 Å². The minimum atomic E-state index is -0.805. The third-order valence-corrected chi connectivity index (χ3v) is 3.50. The quantitative estimate of drug-likeness (QED) is 0.805. The maximum Gasteiger partial charge on any atom is 0.261 e. The molecule has 0 saturated carbocycles. The molecule has 6 heteroatoms. The van der Waals surface area contributed by atoms with Gasteiger partial charge in [0.25, 0.3) is 5.56 Å². The van der Waals surface area contributed by atoms with Crippen LogP contribution in [0.3, 0.4) is 0 Å². The highest BCUT2D eigenvalue weighted by molar-refractivity contribution is 6.30. The molecule has 3 aromatic rings. The summed E-state index contributed by atoms with van der Waals surface area (Å²) in [6, 6.07) is 8.49. The largest absolute Gasteiger partial charge is 0.387 e. The van der Waals surface area contributed by atoms with Crippen molar-refractivity contribution < 1.29 is 5.11 Å². The molecule has 0 aliphatic carbocycles. The third-order valence-electron chi connectivity index (χ3n) is 3.25. The SMILES string of the molecule is O=c1c2ccncc2ncn1C[C@H](O)c1ccc(Cl)cc1. The van der Waals surface area contributed by atoms with E-state index in [1.165, 1.54) is 17.1 Å². The van der Waals surface area contributed by atoms with Crippen molar-refractivity contribution in [3.8, 4) is 0 Å². The summed E-state index contributed by atoms with van der Waals surface area (Å²) in [4.78, 5) is 20.4. The van der Waals surface area contributed by atoms with Gasteiger partial charge in [0.05, 0.1) is 36.1 Å². The number of aromatic nitrogens is 3. The summed E-state index contributed by atoms with van der Waals surface area (Å²) in [5.74, 6) is 0.